The van der Waals surface area contributed by atoms with Crippen molar-refractivity contribution in [3.8, 4) is 28.5 Å². The normalized spacial score (nSPS) is 15.0. The maximum atomic E-state index is 13.3. The molecule has 1 unspecified atom stereocenters. The number of nitrogens with one attached hydrogen (secondary N) is 1. The Morgan fingerprint density at radius 2 is 1.91 bits per heavy atom. The molecule has 2 aromatic carbocycles. The van der Waals surface area contributed by atoms with Gasteiger partial charge in [-0.2, -0.15) is 5.10 Å². The van der Waals surface area contributed by atoms with Crippen molar-refractivity contribution in [3.05, 3.63) is 58.2 Å². The summed E-state index contributed by atoms with van der Waals surface area (Å²) in [5, 5.41) is 18.3. The molecule has 34 heavy (non-hydrogen) atoms. The van der Waals surface area contributed by atoms with Gasteiger partial charge in [0.15, 0.2) is 11.5 Å². The van der Waals surface area contributed by atoms with Crippen molar-refractivity contribution in [2.45, 2.75) is 46.1 Å². The summed E-state index contributed by atoms with van der Waals surface area (Å²) in [5.41, 5.74) is 3.02. The number of nitrogens with zero attached hydrogens (tertiary/aromatic N) is 2. The summed E-state index contributed by atoms with van der Waals surface area (Å²) in [6.07, 6.45) is 2.80. The van der Waals surface area contributed by atoms with Gasteiger partial charge in [-0.3, -0.25) is 9.89 Å². The SMILES string of the molecule is CCCCOc1ccc(C2c3c(-c4cc(Cl)ccc4O)n[nH]c3C(=O)N2CCC)cc1OCC. The number of aromatic hydroxyl groups is 1. The number of hydrogen-bond donors (Lipinski definition) is 2. The Morgan fingerprint density at radius 1 is 1.09 bits per heavy atom. The van der Waals surface area contributed by atoms with Gasteiger partial charge in [0.05, 0.1) is 19.3 Å². The van der Waals surface area contributed by atoms with Gasteiger partial charge in [-0.1, -0.05) is 37.9 Å². The maximum Gasteiger partial charge on any atom is 0.273 e. The number of carbonyl (C=O) groups excluding carboxylic acids is 1. The van der Waals surface area contributed by atoms with E-state index in [2.05, 4.69) is 17.1 Å². The number of carbonyl (C=O) groups is 1. The highest BCUT2D eigenvalue weighted by molar-refractivity contribution is 6.31. The van der Waals surface area contributed by atoms with E-state index in [4.69, 9.17) is 21.1 Å². The van der Waals surface area contributed by atoms with Gasteiger partial charge < -0.3 is 19.5 Å². The van der Waals surface area contributed by atoms with Crippen LogP contribution in [0.15, 0.2) is 36.4 Å². The largest absolute Gasteiger partial charge is 0.507 e. The number of hydrogen-bond acceptors (Lipinski definition) is 5. The smallest absolute Gasteiger partial charge is 0.273 e. The van der Waals surface area contributed by atoms with E-state index in [0.29, 0.717) is 53.2 Å². The third kappa shape index (κ3) is 4.44. The van der Waals surface area contributed by atoms with E-state index >= 15 is 0 Å². The molecule has 1 atom stereocenters. The number of amides is 1. The molecule has 0 spiro atoms. The van der Waals surface area contributed by atoms with Gasteiger partial charge in [-0.15, -0.1) is 0 Å². The number of ether oxygens (including phenoxy) is 2. The first-order valence-electron chi connectivity index (χ1n) is 11.8. The lowest BCUT2D eigenvalue weighted by Crippen LogP contribution is -2.30. The van der Waals surface area contributed by atoms with Crippen LogP contribution in [0.5, 0.6) is 17.2 Å². The van der Waals surface area contributed by atoms with Crippen LogP contribution < -0.4 is 9.47 Å². The lowest BCUT2D eigenvalue weighted by Gasteiger charge is -2.26. The summed E-state index contributed by atoms with van der Waals surface area (Å²) in [4.78, 5) is 15.2. The van der Waals surface area contributed by atoms with Crippen LogP contribution in [0.1, 0.15) is 67.7 Å². The first-order chi connectivity index (χ1) is 16.5. The van der Waals surface area contributed by atoms with E-state index in [1.54, 1.807) is 12.1 Å². The Bertz CT molecular complexity index is 1180. The summed E-state index contributed by atoms with van der Waals surface area (Å²) >= 11 is 6.21. The predicted octanol–water partition coefficient (Wildman–Crippen LogP) is 5.97. The number of fused-ring (bicyclic) bond motifs is 1. The second-order valence-electron chi connectivity index (χ2n) is 8.26. The number of benzene rings is 2. The highest BCUT2D eigenvalue weighted by Gasteiger charge is 2.42. The summed E-state index contributed by atoms with van der Waals surface area (Å²) in [5.74, 6) is 1.26. The molecule has 1 aliphatic rings. The van der Waals surface area contributed by atoms with E-state index in [1.807, 2.05) is 36.9 Å². The van der Waals surface area contributed by atoms with E-state index < -0.39 is 6.04 Å². The minimum Gasteiger partial charge on any atom is -0.507 e. The van der Waals surface area contributed by atoms with Gasteiger partial charge in [0.1, 0.15) is 17.1 Å². The van der Waals surface area contributed by atoms with Gasteiger partial charge in [0.25, 0.3) is 5.91 Å². The average Bonchev–Trinajstić information content (AvgIpc) is 3.36. The van der Waals surface area contributed by atoms with Gasteiger partial charge >= 0.3 is 0 Å². The zero-order valence-electron chi connectivity index (χ0n) is 19.7. The molecule has 2 N–H and O–H groups in total. The second-order valence-corrected chi connectivity index (χ2v) is 8.70. The van der Waals surface area contributed by atoms with Crippen molar-refractivity contribution in [2.75, 3.05) is 19.8 Å². The highest BCUT2D eigenvalue weighted by atomic mass is 35.5. The molecule has 1 aromatic heterocycles. The maximum absolute atomic E-state index is 13.3. The second kappa shape index (κ2) is 10.4. The lowest BCUT2D eigenvalue weighted by molar-refractivity contribution is 0.0743. The minimum absolute atomic E-state index is 0.0496. The van der Waals surface area contributed by atoms with Crippen molar-refractivity contribution in [2.24, 2.45) is 0 Å². The van der Waals surface area contributed by atoms with Gasteiger partial charge in [0, 0.05) is 22.7 Å². The molecular formula is C26H30ClN3O4. The number of phenols is 1. The van der Waals surface area contributed by atoms with Crippen LogP contribution in [0.25, 0.3) is 11.3 Å². The van der Waals surface area contributed by atoms with E-state index in [9.17, 15) is 9.90 Å². The third-order valence-corrected chi connectivity index (χ3v) is 6.12. The zero-order chi connectivity index (χ0) is 24.2. The molecule has 0 saturated heterocycles. The number of unbranched alkanes of at least 4 members (excludes halogenated alkanes) is 1. The lowest BCUT2D eigenvalue weighted by atomic mass is 9.95. The Labute approximate surface area is 204 Å². The van der Waals surface area contributed by atoms with Crippen LogP contribution in [0.4, 0.5) is 0 Å². The fraction of sp³-hybridized carbons (Fsp3) is 0.385. The molecule has 1 aliphatic heterocycles. The molecule has 3 aromatic rings. The van der Waals surface area contributed by atoms with Crippen molar-refractivity contribution in [3.63, 3.8) is 0 Å². The fourth-order valence-corrected chi connectivity index (χ4v) is 4.50. The summed E-state index contributed by atoms with van der Waals surface area (Å²) in [6, 6.07) is 10.2. The summed E-state index contributed by atoms with van der Waals surface area (Å²) in [7, 11) is 0. The Kier molecular flexibility index (Phi) is 7.32. The molecule has 0 bridgehead atoms. The molecule has 0 saturated carbocycles. The quantitative estimate of drug-likeness (QED) is 0.347. The molecule has 2 heterocycles. The first-order valence-corrected chi connectivity index (χ1v) is 12.2. The Balaban J connectivity index is 1.83. The predicted molar refractivity (Wildman–Crippen MR) is 132 cm³/mol. The number of halogens is 1. The van der Waals surface area contributed by atoms with Crippen molar-refractivity contribution in [1.82, 2.24) is 15.1 Å². The molecular weight excluding hydrogens is 454 g/mol. The van der Waals surface area contributed by atoms with Crippen LogP contribution in [0.3, 0.4) is 0 Å². The van der Waals surface area contributed by atoms with Crippen LogP contribution in [-0.4, -0.2) is 45.9 Å². The Hall–Kier alpha value is -3.19. The van der Waals surface area contributed by atoms with Crippen molar-refractivity contribution >= 4 is 17.5 Å². The zero-order valence-corrected chi connectivity index (χ0v) is 20.5. The van der Waals surface area contributed by atoms with Crippen LogP contribution in [0.2, 0.25) is 5.02 Å². The first kappa shape index (κ1) is 24.0. The molecule has 0 fully saturated rings. The van der Waals surface area contributed by atoms with Crippen LogP contribution in [-0.2, 0) is 0 Å². The van der Waals surface area contributed by atoms with Crippen LogP contribution in [0, 0.1) is 0 Å². The number of aromatic nitrogens is 2. The molecule has 180 valence electrons. The summed E-state index contributed by atoms with van der Waals surface area (Å²) < 4.78 is 11.8. The number of phenolic OH excluding ortho intramolecular Hbond substituents is 1. The third-order valence-electron chi connectivity index (χ3n) is 5.88. The van der Waals surface area contributed by atoms with Gasteiger partial charge in [-0.05, 0) is 55.7 Å². The number of aromatic amines is 1. The molecule has 1 amide bonds. The fourth-order valence-electron chi connectivity index (χ4n) is 4.33. The Morgan fingerprint density at radius 3 is 2.65 bits per heavy atom. The average molecular weight is 484 g/mol. The number of H-pyrrole nitrogens is 1. The summed E-state index contributed by atoms with van der Waals surface area (Å²) in [6.45, 7) is 7.77. The molecule has 7 nitrogen and oxygen atoms in total. The topological polar surface area (TPSA) is 87.7 Å². The van der Waals surface area contributed by atoms with E-state index in [0.717, 1.165) is 30.4 Å². The van der Waals surface area contributed by atoms with Crippen molar-refractivity contribution in [1.29, 1.82) is 0 Å². The van der Waals surface area contributed by atoms with Crippen LogP contribution >= 0.6 is 11.6 Å². The number of rotatable bonds is 10. The molecule has 4 rings (SSSR count). The minimum atomic E-state index is -0.390. The van der Waals surface area contributed by atoms with Gasteiger partial charge in [0.2, 0.25) is 0 Å². The van der Waals surface area contributed by atoms with E-state index in [1.165, 1.54) is 6.07 Å². The van der Waals surface area contributed by atoms with Crippen molar-refractivity contribution < 1.29 is 19.4 Å². The van der Waals surface area contributed by atoms with E-state index in [-0.39, 0.29) is 11.7 Å². The molecule has 8 heteroatoms. The molecule has 0 radical (unpaired) electrons. The van der Waals surface area contributed by atoms with Gasteiger partial charge in [-0.25, -0.2) is 0 Å². The standard InChI is InChI=1S/C26H30ClN3O4/c1-4-7-13-34-20-11-8-16(14-21(20)33-6-3)25-22-23(18-15-17(27)9-10-19(18)31)28-29-24(22)26(32)30(25)12-5-2/h8-11,14-15,25,31H,4-7,12-13H2,1-3H3,(H,28,29). The monoisotopic (exact) mass is 483 g/mol. The molecule has 0 aliphatic carbocycles. The highest BCUT2D eigenvalue weighted by Crippen LogP contribution is 2.46.